The minimum absolute atomic E-state index is 0. The van der Waals surface area contributed by atoms with Gasteiger partial charge in [-0.3, -0.25) is 4.90 Å². The van der Waals surface area contributed by atoms with Crippen LogP contribution in [0.3, 0.4) is 0 Å². The molecule has 0 bridgehead atoms. The van der Waals surface area contributed by atoms with Crippen molar-refractivity contribution in [2.45, 2.75) is 0 Å². The first-order valence-corrected chi connectivity index (χ1v) is 3.37. The molecule has 58 valence electrons. The Labute approximate surface area is 90.9 Å². The number of hydrogen-bond acceptors (Lipinski definition) is 2. The van der Waals surface area contributed by atoms with Crippen molar-refractivity contribution in [2.24, 2.45) is 0 Å². The molecule has 0 radical (unpaired) electrons. The van der Waals surface area contributed by atoms with Crippen LogP contribution in [0.4, 0.5) is 0 Å². The largest absolute Gasteiger partial charge is 1.00 e. The van der Waals surface area contributed by atoms with E-state index in [4.69, 9.17) is 0 Å². The molecular formula is C8H14NNaO. The van der Waals surface area contributed by atoms with Gasteiger partial charge in [-0.25, -0.2) is 0 Å². The Balaban J connectivity index is 0. The van der Waals surface area contributed by atoms with Crippen LogP contribution in [0.2, 0.25) is 0 Å². The second kappa shape index (κ2) is 10.4. The predicted octanol–water partition coefficient (Wildman–Crippen LogP) is -2.98. The number of hydrogen-bond donors (Lipinski definition) is 0. The van der Waals surface area contributed by atoms with Crippen LogP contribution >= 0.6 is 0 Å². The summed E-state index contributed by atoms with van der Waals surface area (Å²) in [5, 5.41) is 10.2. The average Bonchev–Trinajstić information content (AvgIpc) is 1.90. The van der Waals surface area contributed by atoms with Crippen LogP contribution in [-0.2, 0) is 0 Å². The Morgan fingerprint density at radius 2 is 1.64 bits per heavy atom. The van der Waals surface area contributed by atoms with Crippen LogP contribution < -0.4 is 34.7 Å². The van der Waals surface area contributed by atoms with Crippen molar-refractivity contribution < 1.29 is 34.7 Å². The monoisotopic (exact) mass is 163 g/mol. The molecule has 0 saturated heterocycles. The van der Waals surface area contributed by atoms with Crippen LogP contribution in [-0.4, -0.2) is 31.1 Å². The third-order valence-corrected chi connectivity index (χ3v) is 1.18. The topological polar surface area (TPSA) is 26.3 Å². The van der Waals surface area contributed by atoms with Gasteiger partial charge in [0, 0.05) is 13.1 Å². The Morgan fingerprint density at radius 1 is 1.18 bits per heavy atom. The molecule has 0 N–H and O–H groups in total. The fourth-order valence-electron chi connectivity index (χ4n) is 0.751. The second-order valence-corrected chi connectivity index (χ2v) is 2.04. The van der Waals surface area contributed by atoms with Gasteiger partial charge in [0.1, 0.15) is 0 Å². The smallest absolute Gasteiger partial charge is 0.854 e. The molecule has 0 saturated carbocycles. The molecule has 0 rings (SSSR count). The van der Waals surface area contributed by atoms with Crippen molar-refractivity contribution in [2.75, 3.05) is 26.2 Å². The Hall–Kier alpha value is 0.400. The maximum absolute atomic E-state index is 10.2. The Morgan fingerprint density at radius 3 is 1.91 bits per heavy atom. The van der Waals surface area contributed by atoms with Crippen molar-refractivity contribution in [1.82, 2.24) is 4.90 Å². The maximum Gasteiger partial charge on any atom is 1.00 e. The molecule has 0 amide bonds. The van der Waals surface area contributed by atoms with E-state index in [1.165, 1.54) is 0 Å². The van der Waals surface area contributed by atoms with Crippen molar-refractivity contribution in [1.29, 1.82) is 0 Å². The molecule has 0 atom stereocenters. The van der Waals surface area contributed by atoms with E-state index in [0.29, 0.717) is 6.54 Å². The van der Waals surface area contributed by atoms with Gasteiger partial charge in [0.15, 0.2) is 0 Å². The SMILES string of the molecule is C=CCN(CC=C)CC[O-].[Na+]. The summed E-state index contributed by atoms with van der Waals surface area (Å²) in [5.74, 6) is 0. The molecule has 0 aromatic heterocycles. The van der Waals surface area contributed by atoms with E-state index in [9.17, 15) is 5.11 Å². The number of nitrogens with zero attached hydrogens (tertiary/aromatic N) is 1. The van der Waals surface area contributed by atoms with E-state index in [1.54, 1.807) is 12.2 Å². The minimum Gasteiger partial charge on any atom is -0.854 e. The van der Waals surface area contributed by atoms with Crippen LogP contribution in [0.15, 0.2) is 25.3 Å². The van der Waals surface area contributed by atoms with Gasteiger partial charge in [-0.15, -0.1) is 19.8 Å². The normalized spacial score (nSPS) is 8.91. The summed E-state index contributed by atoms with van der Waals surface area (Å²) in [6.07, 6.45) is 3.58. The molecule has 0 aliphatic heterocycles. The quantitative estimate of drug-likeness (QED) is 0.309. The fraction of sp³-hybridized carbons (Fsp3) is 0.500. The van der Waals surface area contributed by atoms with Crippen LogP contribution in [0.25, 0.3) is 0 Å². The van der Waals surface area contributed by atoms with Gasteiger partial charge in [0.2, 0.25) is 0 Å². The molecular weight excluding hydrogens is 149 g/mol. The summed E-state index contributed by atoms with van der Waals surface area (Å²) < 4.78 is 0. The molecule has 0 fully saturated rings. The zero-order valence-electron chi connectivity index (χ0n) is 7.25. The molecule has 0 unspecified atom stereocenters. The van der Waals surface area contributed by atoms with E-state index >= 15 is 0 Å². The zero-order valence-corrected chi connectivity index (χ0v) is 9.25. The average molecular weight is 163 g/mol. The standard InChI is InChI=1S/C8H14NO.Na/c1-3-5-9(6-4-2)7-8-10;/h3-4H,1-2,5-8H2;/q-1;+1. The maximum atomic E-state index is 10.2. The Bertz CT molecular complexity index is 96.3. The summed E-state index contributed by atoms with van der Waals surface area (Å²) in [7, 11) is 0. The third kappa shape index (κ3) is 8.30. The summed E-state index contributed by atoms with van der Waals surface area (Å²) in [4.78, 5) is 1.99. The predicted molar refractivity (Wildman–Crippen MR) is 41.7 cm³/mol. The molecule has 0 spiro atoms. The van der Waals surface area contributed by atoms with Gasteiger partial charge in [0.25, 0.3) is 0 Å². The summed E-state index contributed by atoms with van der Waals surface area (Å²) in [6, 6.07) is 0. The molecule has 0 aliphatic rings. The van der Waals surface area contributed by atoms with E-state index in [0.717, 1.165) is 13.1 Å². The van der Waals surface area contributed by atoms with Crippen molar-refractivity contribution in [3.8, 4) is 0 Å². The molecule has 0 aliphatic carbocycles. The molecule has 11 heavy (non-hydrogen) atoms. The minimum atomic E-state index is -0.0539. The van der Waals surface area contributed by atoms with Gasteiger partial charge in [0.05, 0.1) is 0 Å². The van der Waals surface area contributed by atoms with E-state index in [2.05, 4.69) is 13.2 Å². The first kappa shape index (κ1) is 14.0. The molecule has 0 aromatic carbocycles. The van der Waals surface area contributed by atoms with E-state index in [-0.39, 0.29) is 36.2 Å². The van der Waals surface area contributed by atoms with E-state index < -0.39 is 0 Å². The summed E-state index contributed by atoms with van der Waals surface area (Å²) in [5.41, 5.74) is 0. The summed E-state index contributed by atoms with van der Waals surface area (Å²) >= 11 is 0. The van der Waals surface area contributed by atoms with Gasteiger partial charge >= 0.3 is 29.6 Å². The first-order valence-electron chi connectivity index (χ1n) is 3.37. The van der Waals surface area contributed by atoms with Gasteiger partial charge in [-0.1, -0.05) is 12.2 Å². The van der Waals surface area contributed by atoms with Crippen molar-refractivity contribution in [3.63, 3.8) is 0 Å². The summed E-state index contributed by atoms with van der Waals surface area (Å²) in [6.45, 7) is 9.25. The molecule has 0 heterocycles. The Kier molecular flexibility index (Phi) is 13.2. The molecule has 2 nitrogen and oxygen atoms in total. The fourth-order valence-corrected chi connectivity index (χ4v) is 0.751. The van der Waals surface area contributed by atoms with Gasteiger partial charge in [-0.2, -0.15) is 0 Å². The second-order valence-electron chi connectivity index (χ2n) is 2.04. The molecule has 3 heteroatoms. The third-order valence-electron chi connectivity index (χ3n) is 1.18. The van der Waals surface area contributed by atoms with Crippen molar-refractivity contribution >= 4 is 0 Å². The molecule has 0 aromatic rings. The first-order chi connectivity index (χ1) is 4.85. The van der Waals surface area contributed by atoms with Crippen LogP contribution in [0.1, 0.15) is 0 Å². The van der Waals surface area contributed by atoms with Gasteiger partial charge in [-0.05, 0) is 6.54 Å². The van der Waals surface area contributed by atoms with Crippen LogP contribution in [0.5, 0.6) is 0 Å². The number of rotatable bonds is 6. The van der Waals surface area contributed by atoms with Crippen LogP contribution in [0, 0.1) is 0 Å². The van der Waals surface area contributed by atoms with E-state index in [1.807, 2.05) is 4.90 Å². The van der Waals surface area contributed by atoms with Gasteiger partial charge < -0.3 is 5.11 Å². The van der Waals surface area contributed by atoms with Crippen molar-refractivity contribution in [3.05, 3.63) is 25.3 Å². The zero-order chi connectivity index (χ0) is 7.82.